The van der Waals surface area contributed by atoms with Crippen LogP contribution in [-0.2, 0) is 4.74 Å². The van der Waals surface area contributed by atoms with Gasteiger partial charge >= 0.3 is 6.09 Å². The number of hydrogen-bond donors (Lipinski definition) is 3. The van der Waals surface area contributed by atoms with Gasteiger partial charge in [0.1, 0.15) is 22.9 Å². The van der Waals surface area contributed by atoms with Gasteiger partial charge in [-0.1, -0.05) is 0 Å². The average molecular weight is 418 g/mol. The highest BCUT2D eigenvalue weighted by Crippen LogP contribution is 2.28. The molecular weight excluding hydrogens is 391 g/mol. The summed E-state index contributed by atoms with van der Waals surface area (Å²) in [4.78, 5) is 26.2. The Kier molecular flexibility index (Phi) is 6.28. The normalized spacial score (nSPS) is 15.1. The summed E-state index contributed by atoms with van der Waals surface area (Å²) in [5.74, 6) is -0.706. The molecule has 0 radical (unpaired) electrons. The predicted octanol–water partition coefficient (Wildman–Crippen LogP) is 3.30. The zero-order chi connectivity index (χ0) is 21.9. The van der Waals surface area contributed by atoms with Gasteiger partial charge in [0.25, 0.3) is 5.91 Å². The van der Waals surface area contributed by atoms with Gasteiger partial charge in [-0.05, 0) is 63.8 Å². The molecule has 162 valence electrons. The summed E-state index contributed by atoms with van der Waals surface area (Å²) in [6.45, 7) is 7.16. The fourth-order valence-electron chi connectivity index (χ4n) is 3.27. The number of carbonyl (C=O) groups excluding carboxylic acids is 2. The van der Waals surface area contributed by atoms with Crippen LogP contribution >= 0.6 is 0 Å². The van der Waals surface area contributed by atoms with Gasteiger partial charge in [-0.2, -0.15) is 5.10 Å². The Morgan fingerprint density at radius 1 is 1.30 bits per heavy atom. The molecule has 2 aromatic rings. The number of piperidine rings is 1. The third-order valence-corrected chi connectivity index (χ3v) is 4.87. The van der Waals surface area contributed by atoms with Crippen LogP contribution in [0.5, 0.6) is 5.75 Å². The van der Waals surface area contributed by atoms with E-state index in [9.17, 15) is 19.1 Å². The molecule has 8 nitrogen and oxygen atoms in total. The van der Waals surface area contributed by atoms with Crippen molar-refractivity contribution < 1.29 is 23.8 Å². The highest BCUT2D eigenvalue weighted by molar-refractivity contribution is 5.93. The number of H-pyrrole nitrogens is 1. The summed E-state index contributed by atoms with van der Waals surface area (Å²) in [5.41, 5.74) is 0.190. The lowest BCUT2D eigenvalue weighted by Crippen LogP contribution is -2.43. The number of phenolic OH excluding ortho intramolecular Hbond substituents is 1. The van der Waals surface area contributed by atoms with Crippen molar-refractivity contribution in [1.29, 1.82) is 0 Å². The molecule has 30 heavy (non-hydrogen) atoms. The smallest absolute Gasteiger partial charge is 0.410 e. The van der Waals surface area contributed by atoms with E-state index >= 15 is 0 Å². The molecule has 9 heteroatoms. The minimum Gasteiger partial charge on any atom is -0.507 e. The second-order valence-corrected chi connectivity index (χ2v) is 8.45. The average Bonchev–Trinajstić information content (AvgIpc) is 3.17. The summed E-state index contributed by atoms with van der Waals surface area (Å²) in [5, 5.41) is 19.3. The molecule has 1 aliphatic heterocycles. The number of aromatic hydroxyl groups is 1. The SMILES string of the molecule is CC(C)(C)OC(=O)N1CCC(CNC(=O)c2cc(-c3cc(F)ccc3O)n[nH]2)CC1. The number of amides is 2. The Balaban J connectivity index is 1.50. The maximum atomic E-state index is 13.4. The molecule has 0 unspecified atom stereocenters. The van der Waals surface area contributed by atoms with E-state index in [2.05, 4.69) is 15.5 Å². The lowest BCUT2D eigenvalue weighted by atomic mass is 9.97. The van der Waals surface area contributed by atoms with Crippen molar-refractivity contribution in [3.05, 3.63) is 35.8 Å². The van der Waals surface area contributed by atoms with E-state index in [0.717, 1.165) is 25.0 Å². The van der Waals surface area contributed by atoms with E-state index in [1.165, 1.54) is 12.1 Å². The first-order valence-corrected chi connectivity index (χ1v) is 9.93. The summed E-state index contributed by atoms with van der Waals surface area (Å²) in [6, 6.07) is 5.01. The van der Waals surface area contributed by atoms with Crippen LogP contribution in [0.2, 0.25) is 0 Å². The highest BCUT2D eigenvalue weighted by Gasteiger charge is 2.27. The van der Waals surface area contributed by atoms with Crippen molar-refractivity contribution in [2.24, 2.45) is 5.92 Å². The van der Waals surface area contributed by atoms with Crippen LogP contribution in [0.1, 0.15) is 44.1 Å². The van der Waals surface area contributed by atoms with Crippen molar-refractivity contribution in [2.45, 2.75) is 39.2 Å². The number of aromatic amines is 1. The zero-order valence-corrected chi connectivity index (χ0v) is 17.4. The molecule has 2 amide bonds. The van der Waals surface area contributed by atoms with E-state index in [1.807, 2.05) is 20.8 Å². The molecule has 0 aliphatic carbocycles. The lowest BCUT2D eigenvalue weighted by molar-refractivity contribution is 0.0183. The van der Waals surface area contributed by atoms with Gasteiger partial charge in [0.15, 0.2) is 0 Å². The second-order valence-electron chi connectivity index (χ2n) is 8.45. The van der Waals surface area contributed by atoms with Gasteiger partial charge in [0, 0.05) is 25.2 Å². The molecule has 0 spiro atoms. The van der Waals surface area contributed by atoms with Gasteiger partial charge < -0.3 is 20.1 Å². The standard InChI is InChI=1S/C21H27FN4O4/c1-21(2,3)30-20(29)26-8-6-13(7-9-26)12-23-19(28)17-11-16(24-25-17)15-10-14(22)4-5-18(15)27/h4-5,10-11,13,27H,6-9,12H2,1-3H3,(H,23,28)(H,24,25). The number of halogens is 1. The van der Waals surface area contributed by atoms with E-state index in [1.54, 1.807) is 4.90 Å². The zero-order valence-electron chi connectivity index (χ0n) is 17.4. The second kappa shape index (κ2) is 8.73. The van der Waals surface area contributed by atoms with Crippen LogP contribution in [0, 0.1) is 11.7 Å². The number of carbonyl (C=O) groups is 2. The summed E-state index contributed by atoms with van der Waals surface area (Å²) in [6.07, 6.45) is 1.23. The van der Waals surface area contributed by atoms with Crippen LogP contribution in [0.15, 0.2) is 24.3 Å². The summed E-state index contributed by atoms with van der Waals surface area (Å²) < 4.78 is 18.8. The van der Waals surface area contributed by atoms with E-state index < -0.39 is 11.4 Å². The Bertz CT molecular complexity index is 914. The molecule has 3 rings (SSSR count). The molecule has 1 fully saturated rings. The predicted molar refractivity (Wildman–Crippen MR) is 109 cm³/mol. The maximum absolute atomic E-state index is 13.4. The Morgan fingerprint density at radius 3 is 2.67 bits per heavy atom. The molecule has 1 aromatic carbocycles. The fourth-order valence-corrected chi connectivity index (χ4v) is 3.27. The number of nitrogens with zero attached hydrogens (tertiary/aromatic N) is 2. The maximum Gasteiger partial charge on any atom is 0.410 e. The van der Waals surface area contributed by atoms with E-state index in [4.69, 9.17) is 4.74 Å². The fraction of sp³-hybridized carbons (Fsp3) is 0.476. The van der Waals surface area contributed by atoms with Crippen LogP contribution in [0.25, 0.3) is 11.3 Å². The summed E-state index contributed by atoms with van der Waals surface area (Å²) in [7, 11) is 0. The summed E-state index contributed by atoms with van der Waals surface area (Å²) >= 11 is 0. The van der Waals surface area contributed by atoms with Crippen molar-refractivity contribution in [1.82, 2.24) is 20.4 Å². The number of benzene rings is 1. The van der Waals surface area contributed by atoms with E-state index in [0.29, 0.717) is 19.6 Å². The van der Waals surface area contributed by atoms with Gasteiger partial charge in [-0.25, -0.2) is 9.18 Å². The van der Waals surface area contributed by atoms with E-state index in [-0.39, 0.29) is 40.6 Å². The minimum absolute atomic E-state index is 0.119. The van der Waals surface area contributed by atoms with Crippen molar-refractivity contribution in [3.8, 4) is 17.0 Å². The Morgan fingerprint density at radius 2 is 2.00 bits per heavy atom. The lowest BCUT2D eigenvalue weighted by Gasteiger charge is -2.33. The number of ether oxygens (including phenoxy) is 1. The Hall–Kier alpha value is -3.10. The molecule has 3 N–H and O–H groups in total. The molecule has 0 bridgehead atoms. The molecule has 1 aliphatic rings. The van der Waals surface area contributed by atoms with Crippen LogP contribution in [-0.4, -0.2) is 57.4 Å². The first-order chi connectivity index (χ1) is 14.1. The first kappa shape index (κ1) is 21.6. The first-order valence-electron chi connectivity index (χ1n) is 9.93. The van der Waals surface area contributed by atoms with Crippen molar-refractivity contribution in [2.75, 3.05) is 19.6 Å². The number of hydrogen-bond acceptors (Lipinski definition) is 5. The van der Waals surface area contributed by atoms with Crippen molar-refractivity contribution in [3.63, 3.8) is 0 Å². The highest BCUT2D eigenvalue weighted by atomic mass is 19.1. The molecule has 1 aromatic heterocycles. The molecule has 1 saturated heterocycles. The number of aromatic nitrogens is 2. The number of rotatable bonds is 4. The molecule has 0 saturated carbocycles. The van der Waals surface area contributed by atoms with Crippen LogP contribution < -0.4 is 5.32 Å². The molecule has 2 heterocycles. The molecular formula is C21H27FN4O4. The van der Waals surface area contributed by atoms with Gasteiger partial charge in [0.2, 0.25) is 0 Å². The topological polar surface area (TPSA) is 108 Å². The van der Waals surface area contributed by atoms with Gasteiger partial charge in [0.05, 0.1) is 5.69 Å². The van der Waals surface area contributed by atoms with Gasteiger partial charge in [-0.3, -0.25) is 9.89 Å². The monoisotopic (exact) mass is 418 g/mol. The third-order valence-electron chi connectivity index (χ3n) is 4.87. The number of phenols is 1. The van der Waals surface area contributed by atoms with Crippen molar-refractivity contribution >= 4 is 12.0 Å². The minimum atomic E-state index is -0.521. The number of likely N-dealkylation sites (tertiary alicyclic amines) is 1. The largest absolute Gasteiger partial charge is 0.507 e. The molecule has 0 atom stereocenters. The van der Waals surface area contributed by atoms with Crippen LogP contribution in [0.4, 0.5) is 9.18 Å². The third kappa shape index (κ3) is 5.49. The van der Waals surface area contributed by atoms with Gasteiger partial charge in [-0.15, -0.1) is 0 Å². The van der Waals surface area contributed by atoms with Crippen LogP contribution in [0.3, 0.4) is 0 Å². The number of nitrogens with one attached hydrogen (secondary N) is 2. The quantitative estimate of drug-likeness (QED) is 0.706. The Labute approximate surface area is 174 Å².